The maximum Gasteiger partial charge on any atom is 0.129 e. The number of hydrogen-bond donors (Lipinski definition) is 1. The molecule has 0 saturated heterocycles. The summed E-state index contributed by atoms with van der Waals surface area (Å²) in [5.74, 6) is 1.26. The molecule has 3 heteroatoms. The van der Waals surface area contributed by atoms with E-state index in [1.807, 2.05) is 17.8 Å². The van der Waals surface area contributed by atoms with E-state index in [0.29, 0.717) is 5.92 Å². The van der Waals surface area contributed by atoms with Crippen LogP contribution in [0, 0.1) is 0 Å². The molecule has 1 aromatic carbocycles. The molecule has 2 rings (SSSR count). The van der Waals surface area contributed by atoms with Crippen LogP contribution < -0.4 is 5.73 Å². The maximum atomic E-state index is 6.26. The highest BCUT2D eigenvalue weighted by molar-refractivity contribution is 5.77. The van der Waals surface area contributed by atoms with Gasteiger partial charge in [0.2, 0.25) is 0 Å². The summed E-state index contributed by atoms with van der Waals surface area (Å²) in [4.78, 5) is 0. The zero-order valence-corrected chi connectivity index (χ0v) is 12.8. The number of rotatable bonds is 6. The van der Waals surface area contributed by atoms with Gasteiger partial charge >= 0.3 is 0 Å². The first-order valence-corrected chi connectivity index (χ1v) is 7.56. The molecule has 108 valence electrons. The van der Waals surface area contributed by atoms with E-state index in [-0.39, 0.29) is 0 Å². The summed E-state index contributed by atoms with van der Waals surface area (Å²) in [5, 5.41) is 4.70. The van der Waals surface area contributed by atoms with Crippen LogP contribution in [-0.4, -0.2) is 9.78 Å². The van der Waals surface area contributed by atoms with Crippen LogP contribution in [0.2, 0.25) is 0 Å². The Bertz CT molecular complexity index is 543. The van der Waals surface area contributed by atoms with Crippen molar-refractivity contribution in [2.75, 3.05) is 5.73 Å². The largest absolute Gasteiger partial charge is 0.383 e. The van der Waals surface area contributed by atoms with Gasteiger partial charge in [-0.3, -0.25) is 4.68 Å². The first kappa shape index (κ1) is 14.6. The summed E-state index contributed by atoms with van der Waals surface area (Å²) in [6.45, 7) is 4.47. The quantitative estimate of drug-likeness (QED) is 0.848. The van der Waals surface area contributed by atoms with E-state index >= 15 is 0 Å². The summed E-state index contributed by atoms with van der Waals surface area (Å²) in [7, 11) is 1.93. The molecule has 1 aromatic heterocycles. The molecule has 0 spiro atoms. The van der Waals surface area contributed by atoms with Gasteiger partial charge in [0.15, 0.2) is 0 Å². The van der Waals surface area contributed by atoms with Crippen molar-refractivity contribution in [1.82, 2.24) is 9.78 Å². The molecule has 0 saturated carbocycles. The smallest absolute Gasteiger partial charge is 0.129 e. The fourth-order valence-corrected chi connectivity index (χ4v) is 2.73. The Morgan fingerprint density at radius 1 is 1.20 bits per heavy atom. The number of hydrogen-bond acceptors (Lipinski definition) is 2. The highest BCUT2D eigenvalue weighted by Gasteiger charge is 2.21. The molecule has 20 heavy (non-hydrogen) atoms. The van der Waals surface area contributed by atoms with Crippen molar-refractivity contribution < 1.29 is 0 Å². The van der Waals surface area contributed by atoms with E-state index in [9.17, 15) is 0 Å². The van der Waals surface area contributed by atoms with Crippen LogP contribution in [0.15, 0.2) is 30.3 Å². The predicted octanol–water partition coefficient (Wildman–Crippen LogP) is 4.35. The lowest BCUT2D eigenvalue weighted by Gasteiger charge is -2.14. The Labute approximate surface area is 121 Å². The van der Waals surface area contributed by atoms with Crippen LogP contribution in [-0.2, 0) is 7.05 Å². The van der Waals surface area contributed by atoms with Crippen LogP contribution in [0.5, 0.6) is 0 Å². The molecule has 0 fully saturated rings. The van der Waals surface area contributed by atoms with Gasteiger partial charge in [-0.05, 0) is 18.4 Å². The molecule has 0 amide bonds. The third-order valence-corrected chi connectivity index (χ3v) is 3.97. The van der Waals surface area contributed by atoms with Gasteiger partial charge in [-0.1, -0.05) is 57.0 Å². The minimum absolute atomic E-state index is 0.494. The second kappa shape index (κ2) is 6.60. The summed E-state index contributed by atoms with van der Waals surface area (Å²) in [6.07, 6.45) is 4.75. The van der Waals surface area contributed by atoms with Gasteiger partial charge in [0.05, 0.1) is 5.69 Å². The van der Waals surface area contributed by atoms with E-state index in [2.05, 4.69) is 38.1 Å². The molecule has 1 unspecified atom stereocenters. The van der Waals surface area contributed by atoms with Gasteiger partial charge in [0.25, 0.3) is 0 Å². The monoisotopic (exact) mass is 271 g/mol. The van der Waals surface area contributed by atoms with Crippen LogP contribution in [0.3, 0.4) is 0 Å². The number of aryl methyl sites for hydroxylation is 1. The fourth-order valence-electron chi connectivity index (χ4n) is 2.73. The number of unbranched alkanes of at least 4 members (excludes halogenated alkanes) is 1. The number of nitrogens with two attached hydrogens (primary N) is 1. The van der Waals surface area contributed by atoms with Crippen molar-refractivity contribution in [1.29, 1.82) is 0 Å². The number of nitrogen functional groups attached to an aromatic ring is 1. The Balaban J connectivity index is 2.45. The van der Waals surface area contributed by atoms with E-state index in [1.54, 1.807) is 0 Å². The van der Waals surface area contributed by atoms with E-state index in [0.717, 1.165) is 23.5 Å². The molecular formula is C17H25N3. The van der Waals surface area contributed by atoms with E-state index in [1.165, 1.54) is 24.8 Å². The number of benzene rings is 1. The Kier molecular flexibility index (Phi) is 4.83. The lowest BCUT2D eigenvalue weighted by atomic mass is 9.91. The van der Waals surface area contributed by atoms with Crippen LogP contribution in [0.1, 0.15) is 51.1 Å². The Morgan fingerprint density at radius 2 is 1.90 bits per heavy atom. The normalized spacial score (nSPS) is 12.6. The number of aromatic nitrogens is 2. The average Bonchev–Trinajstić information content (AvgIpc) is 2.77. The first-order chi connectivity index (χ1) is 9.69. The molecule has 0 aliphatic rings. The number of nitrogens with zero attached hydrogens (tertiary/aromatic N) is 2. The van der Waals surface area contributed by atoms with Crippen molar-refractivity contribution >= 4 is 5.82 Å². The molecule has 1 heterocycles. The summed E-state index contributed by atoms with van der Waals surface area (Å²) in [5.41, 5.74) is 9.71. The fraction of sp³-hybridized carbons (Fsp3) is 0.471. The lowest BCUT2D eigenvalue weighted by Crippen LogP contribution is -2.01. The molecule has 0 aliphatic heterocycles. The van der Waals surface area contributed by atoms with Gasteiger partial charge in [-0.25, -0.2) is 0 Å². The van der Waals surface area contributed by atoms with Crippen molar-refractivity contribution in [2.24, 2.45) is 7.05 Å². The first-order valence-electron chi connectivity index (χ1n) is 7.56. The lowest BCUT2D eigenvalue weighted by molar-refractivity contribution is 0.549. The summed E-state index contributed by atoms with van der Waals surface area (Å²) in [6, 6.07) is 10.4. The summed E-state index contributed by atoms with van der Waals surface area (Å²) < 4.78 is 1.81. The average molecular weight is 271 g/mol. The molecular weight excluding hydrogens is 246 g/mol. The van der Waals surface area contributed by atoms with Crippen molar-refractivity contribution in [2.45, 2.75) is 45.4 Å². The zero-order valence-electron chi connectivity index (χ0n) is 12.8. The second-order valence-corrected chi connectivity index (χ2v) is 5.38. The second-order valence-electron chi connectivity index (χ2n) is 5.38. The van der Waals surface area contributed by atoms with Crippen molar-refractivity contribution in [3.05, 3.63) is 36.0 Å². The minimum Gasteiger partial charge on any atom is -0.383 e. The standard InChI is InChI=1S/C17H25N3/c1-4-6-10-13(5-2)16-15(17(18)20(3)19-16)14-11-8-7-9-12-14/h7-9,11-13H,4-6,10,18H2,1-3H3. The van der Waals surface area contributed by atoms with Crippen LogP contribution in [0.4, 0.5) is 5.82 Å². The highest BCUT2D eigenvalue weighted by atomic mass is 15.3. The maximum absolute atomic E-state index is 6.26. The van der Waals surface area contributed by atoms with Crippen molar-refractivity contribution in [3.8, 4) is 11.1 Å². The van der Waals surface area contributed by atoms with Gasteiger partial charge in [0, 0.05) is 18.5 Å². The van der Waals surface area contributed by atoms with Crippen LogP contribution in [0.25, 0.3) is 11.1 Å². The topological polar surface area (TPSA) is 43.8 Å². The van der Waals surface area contributed by atoms with E-state index in [4.69, 9.17) is 10.8 Å². The molecule has 3 nitrogen and oxygen atoms in total. The van der Waals surface area contributed by atoms with Gasteiger partial charge in [0.1, 0.15) is 5.82 Å². The molecule has 2 aromatic rings. The van der Waals surface area contributed by atoms with Gasteiger partial charge < -0.3 is 5.73 Å². The molecule has 1 atom stereocenters. The molecule has 2 N–H and O–H groups in total. The van der Waals surface area contributed by atoms with Gasteiger partial charge in [-0.2, -0.15) is 5.10 Å². The third-order valence-electron chi connectivity index (χ3n) is 3.97. The number of anilines is 1. The summed E-state index contributed by atoms with van der Waals surface area (Å²) >= 11 is 0. The Hall–Kier alpha value is -1.77. The van der Waals surface area contributed by atoms with Crippen molar-refractivity contribution in [3.63, 3.8) is 0 Å². The van der Waals surface area contributed by atoms with Gasteiger partial charge in [-0.15, -0.1) is 0 Å². The molecule has 0 aliphatic carbocycles. The predicted molar refractivity (Wildman–Crippen MR) is 85.6 cm³/mol. The minimum atomic E-state index is 0.494. The highest BCUT2D eigenvalue weighted by Crippen LogP contribution is 2.36. The molecule has 0 bridgehead atoms. The van der Waals surface area contributed by atoms with Crippen LogP contribution >= 0.6 is 0 Å². The third kappa shape index (κ3) is 2.87. The molecule has 0 radical (unpaired) electrons. The Morgan fingerprint density at radius 3 is 2.50 bits per heavy atom. The zero-order chi connectivity index (χ0) is 14.5. The SMILES string of the molecule is CCCCC(CC)c1nn(C)c(N)c1-c1ccccc1. The van der Waals surface area contributed by atoms with E-state index < -0.39 is 0 Å².